The van der Waals surface area contributed by atoms with Crippen LogP contribution in [-0.4, -0.2) is 57.3 Å². The van der Waals surface area contributed by atoms with E-state index in [1.165, 1.54) is 77.0 Å². The summed E-state index contributed by atoms with van der Waals surface area (Å²) in [6.45, 7) is 4.01. The van der Waals surface area contributed by atoms with Crippen molar-refractivity contribution >= 4 is 5.91 Å². The maximum Gasteiger partial charge on any atom is 0.220 e. The summed E-state index contributed by atoms with van der Waals surface area (Å²) in [6, 6.07) is -0.703. The highest BCUT2D eigenvalue weighted by atomic mass is 16.3. The van der Waals surface area contributed by atoms with Crippen molar-refractivity contribution in [3.05, 3.63) is 85.1 Å². The molecule has 0 saturated carbocycles. The lowest BCUT2D eigenvalue weighted by Gasteiger charge is -2.19. The van der Waals surface area contributed by atoms with Gasteiger partial charge in [0.05, 0.1) is 31.0 Å². The first kappa shape index (κ1) is 45.5. The maximum absolute atomic E-state index is 12.3. The molecule has 0 spiro atoms. The number of nitrogens with one attached hydrogen (secondary N) is 1. The zero-order valence-corrected chi connectivity index (χ0v) is 30.4. The van der Waals surface area contributed by atoms with Gasteiger partial charge in [0.2, 0.25) is 5.91 Å². The van der Waals surface area contributed by atoms with E-state index in [0.717, 1.165) is 19.3 Å². The van der Waals surface area contributed by atoms with Crippen molar-refractivity contribution in [3.63, 3.8) is 0 Å². The van der Waals surface area contributed by atoms with Crippen LogP contribution in [0.3, 0.4) is 0 Å². The summed E-state index contributed by atoms with van der Waals surface area (Å²) < 4.78 is 0. The monoisotopic (exact) mass is 670 g/mol. The average molecular weight is 670 g/mol. The number of allylic oxidation sites excluding steroid dienone is 9. The SMILES string of the molecule is CC/C=C\C[C@H](O)/C=C/C=C\C=C\[C@H](O)C/C=C\C/C=C\CCC(=O)N[C@@H](CO)[C@H](O)/C=C/CCCCCCCCCCCCCCC. The van der Waals surface area contributed by atoms with Crippen molar-refractivity contribution in [3.8, 4) is 0 Å². The Hall–Kier alpha value is -2.51. The number of carbonyl (C=O) groups is 1. The lowest BCUT2D eigenvalue weighted by molar-refractivity contribution is -0.122. The Bertz CT molecular complexity index is 932. The summed E-state index contributed by atoms with van der Waals surface area (Å²) >= 11 is 0. The summed E-state index contributed by atoms with van der Waals surface area (Å²) in [6.07, 6.45) is 45.9. The summed E-state index contributed by atoms with van der Waals surface area (Å²) in [5.41, 5.74) is 0. The fraction of sp³-hybridized carbons (Fsp3) is 0.643. The Labute approximate surface area is 294 Å². The van der Waals surface area contributed by atoms with Crippen molar-refractivity contribution in [2.24, 2.45) is 0 Å². The molecule has 0 rings (SSSR count). The summed E-state index contributed by atoms with van der Waals surface area (Å²) in [7, 11) is 0. The van der Waals surface area contributed by atoms with Crippen LogP contribution in [0.1, 0.15) is 142 Å². The second-order valence-electron chi connectivity index (χ2n) is 12.7. The second-order valence-corrected chi connectivity index (χ2v) is 12.7. The van der Waals surface area contributed by atoms with Crippen LogP contribution >= 0.6 is 0 Å². The van der Waals surface area contributed by atoms with Crippen LogP contribution in [0.2, 0.25) is 0 Å². The Balaban J connectivity index is 3.95. The van der Waals surface area contributed by atoms with Gasteiger partial charge in [-0.1, -0.05) is 176 Å². The molecular formula is C42H71NO5. The van der Waals surface area contributed by atoms with Crippen molar-refractivity contribution in [2.45, 2.75) is 167 Å². The zero-order valence-electron chi connectivity index (χ0n) is 30.4. The molecule has 6 nitrogen and oxygen atoms in total. The highest BCUT2D eigenvalue weighted by Crippen LogP contribution is 2.13. The quantitative estimate of drug-likeness (QED) is 0.0279. The maximum atomic E-state index is 12.3. The van der Waals surface area contributed by atoms with Gasteiger partial charge >= 0.3 is 0 Å². The minimum absolute atomic E-state index is 0.196. The highest BCUT2D eigenvalue weighted by molar-refractivity contribution is 5.76. The summed E-state index contributed by atoms with van der Waals surface area (Å²) in [4.78, 5) is 12.3. The molecule has 0 aliphatic rings. The fourth-order valence-corrected chi connectivity index (χ4v) is 5.08. The third-order valence-electron chi connectivity index (χ3n) is 8.06. The topological polar surface area (TPSA) is 110 Å². The van der Waals surface area contributed by atoms with Gasteiger partial charge in [-0.2, -0.15) is 0 Å². The molecule has 0 fully saturated rings. The molecule has 5 N–H and O–H groups in total. The van der Waals surface area contributed by atoms with Crippen LogP contribution in [0.15, 0.2) is 85.1 Å². The lowest BCUT2D eigenvalue weighted by atomic mass is 10.0. The van der Waals surface area contributed by atoms with Crippen LogP contribution in [0.5, 0.6) is 0 Å². The van der Waals surface area contributed by atoms with Gasteiger partial charge in [0.15, 0.2) is 0 Å². The van der Waals surface area contributed by atoms with Crippen molar-refractivity contribution in [1.29, 1.82) is 0 Å². The number of aliphatic hydroxyl groups is 4. The van der Waals surface area contributed by atoms with Gasteiger partial charge in [-0.3, -0.25) is 4.79 Å². The first-order chi connectivity index (χ1) is 23.4. The van der Waals surface area contributed by atoms with E-state index < -0.39 is 24.4 Å². The predicted molar refractivity (Wildman–Crippen MR) is 205 cm³/mol. The standard InChI is InChI=1S/C42H71NO5/c1-3-5-7-8-9-10-11-12-13-14-15-16-17-21-29-35-41(47)40(37-44)43-42(48)36-30-22-19-18-20-26-32-39(46)34-28-24-23-27-33-38(45)31-25-6-4-2/h6,19-20,22-29,33-35,38-41,44-47H,3-5,7-18,21,30-32,36-37H2,1-2H3,(H,43,48)/b22-19-,24-23-,25-6-,26-20-,33-27+,34-28+,35-29+/t38-,39+,40-,41+/m0/s1. The largest absolute Gasteiger partial charge is 0.394 e. The number of unbranched alkanes of at least 4 members (excludes halogenated alkanes) is 13. The Morgan fingerprint density at radius 1 is 0.583 bits per heavy atom. The highest BCUT2D eigenvalue weighted by Gasteiger charge is 2.17. The fourth-order valence-electron chi connectivity index (χ4n) is 5.08. The first-order valence-corrected chi connectivity index (χ1v) is 19.0. The van der Waals surface area contributed by atoms with E-state index in [-0.39, 0.29) is 18.9 Å². The van der Waals surface area contributed by atoms with Crippen LogP contribution < -0.4 is 5.32 Å². The Morgan fingerprint density at radius 3 is 1.65 bits per heavy atom. The van der Waals surface area contributed by atoms with E-state index >= 15 is 0 Å². The predicted octanol–water partition coefficient (Wildman–Crippen LogP) is 9.28. The second kappa shape index (κ2) is 35.8. The molecule has 0 aliphatic carbocycles. The van der Waals surface area contributed by atoms with Crippen LogP contribution in [0, 0.1) is 0 Å². The molecule has 0 saturated heterocycles. The summed E-state index contributed by atoms with van der Waals surface area (Å²) in [5.74, 6) is -0.196. The van der Waals surface area contributed by atoms with Gasteiger partial charge < -0.3 is 25.7 Å². The van der Waals surface area contributed by atoms with E-state index in [4.69, 9.17) is 0 Å². The zero-order chi connectivity index (χ0) is 35.3. The average Bonchev–Trinajstić information content (AvgIpc) is 3.08. The number of aliphatic hydroxyl groups excluding tert-OH is 4. The lowest BCUT2D eigenvalue weighted by Crippen LogP contribution is -2.45. The minimum Gasteiger partial charge on any atom is -0.394 e. The van der Waals surface area contributed by atoms with E-state index in [0.29, 0.717) is 25.7 Å². The molecule has 0 bridgehead atoms. The molecule has 48 heavy (non-hydrogen) atoms. The van der Waals surface area contributed by atoms with E-state index in [1.807, 2.05) is 54.7 Å². The molecule has 0 aromatic carbocycles. The van der Waals surface area contributed by atoms with E-state index in [9.17, 15) is 25.2 Å². The van der Waals surface area contributed by atoms with Crippen molar-refractivity contribution in [1.82, 2.24) is 5.32 Å². The molecule has 0 radical (unpaired) electrons. The molecule has 274 valence electrons. The molecule has 0 unspecified atom stereocenters. The van der Waals surface area contributed by atoms with Gasteiger partial charge in [0.25, 0.3) is 0 Å². The molecule has 1 amide bonds. The molecule has 0 aliphatic heterocycles. The molecule has 0 heterocycles. The number of hydrogen-bond acceptors (Lipinski definition) is 5. The molecule has 0 aromatic heterocycles. The third kappa shape index (κ3) is 32.1. The van der Waals surface area contributed by atoms with Crippen LogP contribution in [0.25, 0.3) is 0 Å². The Kier molecular flexibility index (Phi) is 33.9. The first-order valence-electron chi connectivity index (χ1n) is 19.0. The minimum atomic E-state index is -0.906. The van der Waals surface area contributed by atoms with E-state index in [2.05, 4.69) is 19.2 Å². The number of rotatable bonds is 32. The molecule has 6 heteroatoms. The van der Waals surface area contributed by atoms with Crippen LogP contribution in [0.4, 0.5) is 0 Å². The van der Waals surface area contributed by atoms with Gasteiger partial charge in [-0.15, -0.1) is 0 Å². The number of hydrogen-bond donors (Lipinski definition) is 5. The third-order valence-corrected chi connectivity index (χ3v) is 8.06. The van der Waals surface area contributed by atoms with Gasteiger partial charge in [0, 0.05) is 6.42 Å². The van der Waals surface area contributed by atoms with E-state index in [1.54, 1.807) is 30.4 Å². The molecule has 4 atom stereocenters. The van der Waals surface area contributed by atoms with Crippen molar-refractivity contribution < 1.29 is 25.2 Å². The van der Waals surface area contributed by atoms with Gasteiger partial charge in [-0.25, -0.2) is 0 Å². The molecule has 0 aromatic rings. The summed E-state index contributed by atoms with van der Waals surface area (Å²) in [5, 5.41) is 42.7. The van der Waals surface area contributed by atoms with Gasteiger partial charge in [-0.05, 0) is 44.9 Å². The van der Waals surface area contributed by atoms with Crippen LogP contribution in [-0.2, 0) is 4.79 Å². The normalized spacial score (nSPS) is 15.4. The number of carbonyl (C=O) groups excluding carboxylic acids is 1. The smallest absolute Gasteiger partial charge is 0.220 e. The Morgan fingerprint density at radius 2 is 1.10 bits per heavy atom. The van der Waals surface area contributed by atoms with Gasteiger partial charge in [0.1, 0.15) is 0 Å². The molecular weight excluding hydrogens is 598 g/mol. The number of amides is 1. The van der Waals surface area contributed by atoms with Crippen molar-refractivity contribution in [2.75, 3.05) is 6.61 Å².